The zero-order valence-electron chi connectivity index (χ0n) is 9.10. The summed E-state index contributed by atoms with van der Waals surface area (Å²) in [6.07, 6.45) is 1.78. The van der Waals surface area contributed by atoms with Crippen LogP contribution in [0.3, 0.4) is 0 Å². The summed E-state index contributed by atoms with van der Waals surface area (Å²) in [5.41, 5.74) is 0.996. The lowest BCUT2D eigenvalue weighted by Gasteiger charge is -2.15. The highest BCUT2D eigenvalue weighted by atomic mass is 28.2. The minimum atomic E-state index is -0.896. The zero-order chi connectivity index (χ0) is 11.1. The van der Waals surface area contributed by atoms with Gasteiger partial charge in [-0.25, -0.2) is 0 Å². The topological polar surface area (TPSA) is 27.7 Å². The molecule has 0 unspecified atom stereocenters. The van der Waals surface area contributed by atoms with Crippen molar-refractivity contribution in [3.05, 3.63) is 36.4 Å². The predicted molar refractivity (Wildman–Crippen MR) is 63.5 cm³/mol. The van der Waals surface area contributed by atoms with Crippen molar-refractivity contribution in [1.82, 2.24) is 0 Å². The van der Waals surface area contributed by atoms with Crippen molar-refractivity contribution in [2.45, 2.75) is 5.91 Å². The molecule has 82 valence electrons. The first-order valence-electron chi connectivity index (χ1n) is 4.71. The number of methoxy groups -OCH3 is 2. The summed E-state index contributed by atoms with van der Waals surface area (Å²) in [7, 11) is 2.33. The van der Waals surface area contributed by atoms with Crippen molar-refractivity contribution in [3.63, 3.8) is 0 Å². The van der Waals surface area contributed by atoms with E-state index < -0.39 is 9.76 Å². The highest BCUT2D eigenvalue weighted by Gasteiger charge is 2.08. The van der Waals surface area contributed by atoms with E-state index in [2.05, 4.69) is 6.58 Å². The number of ether oxygens (including phenoxy) is 2. The Balaban J connectivity index is 2.60. The second-order valence-electron chi connectivity index (χ2n) is 2.95. The van der Waals surface area contributed by atoms with Gasteiger partial charge in [0.1, 0.15) is 5.75 Å². The third-order valence-corrected chi connectivity index (χ3v) is 3.46. The van der Waals surface area contributed by atoms with Crippen LogP contribution in [0.25, 0.3) is 6.08 Å². The molecule has 15 heavy (non-hydrogen) atoms. The fraction of sp³-hybridized carbons (Fsp3) is 0.273. The number of para-hydroxylation sites is 1. The van der Waals surface area contributed by atoms with Crippen molar-refractivity contribution < 1.29 is 13.9 Å². The Kier molecular flexibility index (Phi) is 5.10. The minimum absolute atomic E-state index is 0.206. The summed E-state index contributed by atoms with van der Waals surface area (Å²) in [5.74, 6) is 0.640. The standard InChI is InChI=1S/C11H16O3Si/c1-4-9-7-5-6-8-10(9)14-15-11(12-2)13-3/h4-8,11H,1,15H2,2-3H3. The molecular formula is C11H16O3Si. The highest BCUT2D eigenvalue weighted by Crippen LogP contribution is 2.18. The monoisotopic (exact) mass is 224 g/mol. The third-order valence-electron chi connectivity index (χ3n) is 2.04. The van der Waals surface area contributed by atoms with Gasteiger partial charge in [0.15, 0.2) is 5.91 Å². The summed E-state index contributed by atoms with van der Waals surface area (Å²) in [6.45, 7) is 3.73. The molecule has 0 spiro atoms. The molecule has 0 aliphatic heterocycles. The molecule has 0 fully saturated rings. The van der Waals surface area contributed by atoms with Crippen molar-refractivity contribution in [3.8, 4) is 5.75 Å². The fourth-order valence-electron chi connectivity index (χ4n) is 1.17. The molecule has 3 nitrogen and oxygen atoms in total. The van der Waals surface area contributed by atoms with E-state index in [1.165, 1.54) is 0 Å². The summed E-state index contributed by atoms with van der Waals surface area (Å²) < 4.78 is 15.9. The van der Waals surface area contributed by atoms with E-state index in [0.29, 0.717) is 0 Å². The van der Waals surface area contributed by atoms with Crippen molar-refractivity contribution >= 4 is 15.8 Å². The van der Waals surface area contributed by atoms with Gasteiger partial charge in [-0.2, -0.15) is 0 Å². The van der Waals surface area contributed by atoms with E-state index in [9.17, 15) is 0 Å². The molecule has 0 heterocycles. The van der Waals surface area contributed by atoms with Gasteiger partial charge < -0.3 is 13.9 Å². The van der Waals surface area contributed by atoms with E-state index in [-0.39, 0.29) is 5.91 Å². The minimum Gasteiger partial charge on any atom is -0.543 e. The molecule has 0 saturated carbocycles. The van der Waals surface area contributed by atoms with Crippen LogP contribution < -0.4 is 4.43 Å². The smallest absolute Gasteiger partial charge is 0.278 e. The zero-order valence-corrected chi connectivity index (χ0v) is 10.5. The van der Waals surface area contributed by atoms with Crippen molar-refractivity contribution in [2.24, 2.45) is 0 Å². The third kappa shape index (κ3) is 3.51. The largest absolute Gasteiger partial charge is 0.543 e. The Bertz CT molecular complexity index is 310. The molecule has 0 aliphatic rings. The normalized spacial score (nSPS) is 11.1. The Morgan fingerprint density at radius 3 is 2.53 bits per heavy atom. The summed E-state index contributed by atoms with van der Waals surface area (Å²) in [6, 6.07) is 7.78. The average molecular weight is 224 g/mol. The molecule has 0 N–H and O–H groups in total. The van der Waals surface area contributed by atoms with Gasteiger partial charge in [-0.05, 0) is 6.07 Å². The Labute approximate surface area is 92.6 Å². The second-order valence-corrected chi connectivity index (χ2v) is 4.24. The molecule has 0 atom stereocenters. The first kappa shape index (κ1) is 12.0. The second kappa shape index (κ2) is 6.39. The predicted octanol–water partition coefficient (Wildman–Crippen LogP) is 1.37. The van der Waals surface area contributed by atoms with Gasteiger partial charge in [-0.15, -0.1) is 0 Å². The van der Waals surface area contributed by atoms with Gasteiger partial charge in [0, 0.05) is 19.8 Å². The Hall–Kier alpha value is -1.10. The van der Waals surface area contributed by atoms with Crippen molar-refractivity contribution in [2.75, 3.05) is 14.2 Å². The van der Waals surface area contributed by atoms with Crippen LogP contribution in [0.5, 0.6) is 5.75 Å². The maximum atomic E-state index is 5.69. The Morgan fingerprint density at radius 2 is 1.93 bits per heavy atom. The van der Waals surface area contributed by atoms with Gasteiger partial charge in [0.05, 0.1) is 0 Å². The number of rotatable bonds is 6. The lowest BCUT2D eigenvalue weighted by Crippen LogP contribution is -2.26. The van der Waals surface area contributed by atoms with Gasteiger partial charge in [0.2, 0.25) is 0 Å². The summed E-state index contributed by atoms with van der Waals surface area (Å²) >= 11 is 0. The Morgan fingerprint density at radius 1 is 1.27 bits per heavy atom. The molecule has 1 rings (SSSR count). The molecule has 0 bridgehead atoms. The van der Waals surface area contributed by atoms with Crippen LogP contribution in [0.4, 0.5) is 0 Å². The first-order valence-corrected chi connectivity index (χ1v) is 6.11. The number of benzene rings is 1. The lowest BCUT2D eigenvalue weighted by atomic mass is 10.2. The summed E-state index contributed by atoms with van der Waals surface area (Å²) in [5, 5.41) is 0. The van der Waals surface area contributed by atoms with Gasteiger partial charge in [0.25, 0.3) is 9.76 Å². The molecule has 0 saturated heterocycles. The van der Waals surface area contributed by atoms with Crippen LogP contribution in [0.15, 0.2) is 30.8 Å². The molecule has 4 heteroatoms. The van der Waals surface area contributed by atoms with E-state index >= 15 is 0 Å². The number of hydrogen-bond acceptors (Lipinski definition) is 3. The molecular weight excluding hydrogens is 208 g/mol. The molecule has 0 aromatic heterocycles. The van der Waals surface area contributed by atoms with E-state index in [0.717, 1.165) is 11.3 Å². The SMILES string of the molecule is C=Cc1ccccc1O[SiH2]C(OC)OC. The molecule has 1 aromatic rings. The number of hydrogen-bond donors (Lipinski definition) is 0. The van der Waals surface area contributed by atoms with E-state index in [1.54, 1.807) is 20.3 Å². The van der Waals surface area contributed by atoms with Crippen LogP contribution >= 0.6 is 0 Å². The quantitative estimate of drug-likeness (QED) is 0.539. The van der Waals surface area contributed by atoms with Gasteiger partial charge in [-0.3, -0.25) is 0 Å². The highest BCUT2D eigenvalue weighted by molar-refractivity contribution is 6.29. The van der Waals surface area contributed by atoms with Crippen LogP contribution in [0.2, 0.25) is 0 Å². The van der Waals surface area contributed by atoms with E-state index in [4.69, 9.17) is 13.9 Å². The molecule has 0 radical (unpaired) electrons. The maximum absolute atomic E-state index is 5.69. The molecule has 1 aromatic carbocycles. The van der Waals surface area contributed by atoms with Crippen LogP contribution in [-0.2, 0) is 9.47 Å². The van der Waals surface area contributed by atoms with Gasteiger partial charge in [-0.1, -0.05) is 30.9 Å². The lowest BCUT2D eigenvalue weighted by molar-refractivity contribution is -0.0492. The molecule has 0 amide bonds. The first-order chi connectivity index (χ1) is 7.31. The van der Waals surface area contributed by atoms with Gasteiger partial charge >= 0.3 is 0 Å². The van der Waals surface area contributed by atoms with E-state index in [1.807, 2.05) is 24.3 Å². The fourth-order valence-corrected chi connectivity index (χ4v) is 2.02. The molecule has 0 aliphatic carbocycles. The maximum Gasteiger partial charge on any atom is 0.278 e. The summed E-state index contributed by atoms with van der Waals surface area (Å²) in [4.78, 5) is 0. The average Bonchev–Trinajstić information content (AvgIpc) is 2.31. The van der Waals surface area contributed by atoms with Crippen LogP contribution in [-0.4, -0.2) is 29.9 Å². The van der Waals surface area contributed by atoms with Crippen LogP contribution in [0.1, 0.15) is 5.56 Å². The van der Waals surface area contributed by atoms with Crippen molar-refractivity contribution in [1.29, 1.82) is 0 Å². The van der Waals surface area contributed by atoms with Crippen LogP contribution in [0, 0.1) is 0 Å².